The Kier molecular flexibility index (Phi) is 18.7. The van der Waals surface area contributed by atoms with Crippen LogP contribution in [0.25, 0.3) is 10.9 Å². The van der Waals surface area contributed by atoms with E-state index in [1.54, 1.807) is 27.0 Å². The largest absolute Gasteiger partial charge is 0.460 e. The third-order valence-corrected chi connectivity index (χ3v) is 17.4. The number of ketones is 1. The van der Waals surface area contributed by atoms with Crippen molar-refractivity contribution in [2.75, 3.05) is 20.8 Å². The standard InChI is InChI=1S/C58H84N2O12/c1-32-15-11-10-12-16-33(2)43(45-31-59-50-34(3)17-13-18-41(45)50)29-40-22-20-38(7)58(68,72-40)55(65)56(66)60-24-14-19-42-44(27-39-21-23-46(61)49(28-39)69-8)48(71-57(67)51(42)60)30-47(62)35(4)26-37(6)53(64)54(70-9)52(63)36(5)25-32/h10-13,15-18,26,31-32,35-36,38-40,42-44,46-49,51-54,59,61-64,68H,14,19-25,27-30H2,1-9H3/b12-10+,15-11+,33-16+,37-26+/t32-,35-,36-,38-,39+,40+,42?,43+,44+,46-,47+,48+,49-,51+,52+,53-,54+,58-/m1/s1. The van der Waals surface area contributed by atoms with Crippen molar-refractivity contribution in [3.8, 4) is 0 Å². The van der Waals surface area contributed by atoms with Crippen LogP contribution in [0.3, 0.4) is 0 Å². The average Bonchev–Trinajstić information content (AvgIpc) is 3.79. The minimum absolute atomic E-state index is 0.0743. The van der Waals surface area contributed by atoms with E-state index in [4.69, 9.17) is 18.9 Å². The van der Waals surface area contributed by atoms with Crippen molar-refractivity contribution in [3.63, 3.8) is 0 Å². The second-order valence-electron chi connectivity index (χ2n) is 22.5. The summed E-state index contributed by atoms with van der Waals surface area (Å²) in [6.45, 7) is 13.6. The van der Waals surface area contributed by atoms with Gasteiger partial charge in [0.1, 0.15) is 24.4 Å². The SMILES string of the molecule is CO[C@H]1[C@@H](O)[C@H](C)C[C@H](C)/C=C/C=C/C=C(\C)[C@@H](c2c[nH]c3c(C)cccc23)C[C@@H]2CC[C@@H](C)[C@@](O)(O2)C(=O)C(=O)N2CCCC3[C@H]2C(=O)O[C@@H](C[C@H](O)[C@H](C)/C=C(\C)[C@H]1O)[C@H]3C[C@@H]1CC[C@@H](O)[C@H](OC)C1. The van der Waals surface area contributed by atoms with E-state index >= 15 is 0 Å². The molecule has 398 valence electrons. The van der Waals surface area contributed by atoms with Crippen molar-refractivity contribution in [1.82, 2.24) is 9.88 Å². The Labute approximate surface area is 426 Å². The lowest BCUT2D eigenvalue weighted by atomic mass is 9.67. The molecule has 1 unspecified atom stereocenters. The molecule has 4 fully saturated rings. The molecule has 6 heterocycles. The highest BCUT2D eigenvalue weighted by Crippen LogP contribution is 2.46. The number of carbonyl (C=O) groups excluding carboxylic acids is 3. The van der Waals surface area contributed by atoms with E-state index in [0.29, 0.717) is 69.8 Å². The predicted molar refractivity (Wildman–Crippen MR) is 275 cm³/mol. The quantitative estimate of drug-likeness (QED) is 0.0976. The Morgan fingerprint density at radius 1 is 0.847 bits per heavy atom. The lowest BCUT2D eigenvalue weighted by Crippen LogP contribution is -2.65. The maximum Gasteiger partial charge on any atom is 0.329 e. The van der Waals surface area contributed by atoms with Crippen LogP contribution in [-0.2, 0) is 33.3 Å². The molecule has 1 aliphatic carbocycles. The first-order valence-corrected chi connectivity index (χ1v) is 26.8. The Hall–Kier alpha value is -3.99. The maximum atomic E-state index is 14.8. The minimum atomic E-state index is -2.44. The highest BCUT2D eigenvalue weighted by atomic mass is 16.6. The van der Waals surface area contributed by atoms with Gasteiger partial charge in [0.2, 0.25) is 5.79 Å². The number of fused-ring (bicyclic) bond motifs is 17. The fourth-order valence-corrected chi connectivity index (χ4v) is 13.0. The third-order valence-electron chi connectivity index (χ3n) is 17.4. The number of piperidine rings is 1. The van der Waals surface area contributed by atoms with E-state index < -0.39 is 90.0 Å². The van der Waals surface area contributed by atoms with Crippen LogP contribution in [0.5, 0.6) is 0 Å². The molecule has 3 saturated heterocycles. The fourth-order valence-electron chi connectivity index (χ4n) is 13.0. The van der Waals surface area contributed by atoms with E-state index in [-0.39, 0.29) is 48.7 Å². The Morgan fingerprint density at radius 2 is 1.61 bits per heavy atom. The van der Waals surface area contributed by atoms with Gasteiger partial charge in [-0.05, 0) is 125 Å². The number of aliphatic hydroxyl groups is 5. The number of hydrogen-bond donors (Lipinski definition) is 6. The minimum Gasteiger partial charge on any atom is -0.460 e. The number of H-pyrrole nitrogens is 1. The number of Topliss-reactive ketones (excluding diaryl/α,β-unsaturated/α-hetero) is 1. The summed E-state index contributed by atoms with van der Waals surface area (Å²) in [5.74, 6) is -7.41. The van der Waals surface area contributed by atoms with Crippen molar-refractivity contribution >= 4 is 28.6 Å². The van der Waals surface area contributed by atoms with Gasteiger partial charge in [-0.3, -0.25) is 9.59 Å². The second-order valence-corrected chi connectivity index (χ2v) is 22.5. The summed E-state index contributed by atoms with van der Waals surface area (Å²) in [5, 5.41) is 59.3. The lowest BCUT2D eigenvalue weighted by molar-refractivity contribution is -0.264. The van der Waals surface area contributed by atoms with E-state index in [2.05, 4.69) is 50.0 Å². The second kappa shape index (κ2) is 24.1. The van der Waals surface area contributed by atoms with E-state index in [1.807, 2.05) is 44.3 Å². The number of aryl methyl sites for hydroxylation is 1. The smallest absolute Gasteiger partial charge is 0.329 e. The number of amides is 1. The first-order chi connectivity index (χ1) is 34.3. The predicted octanol–water partition coefficient (Wildman–Crippen LogP) is 7.54. The molecule has 14 nitrogen and oxygen atoms in total. The zero-order valence-electron chi connectivity index (χ0n) is 44.1. The molecule has 6 N–H and O–H groups in total. The molecule has 8 rings (SSSR count). The highest BCUT2D eigenvalue weighted by molar-refractivity contribution is 6.39. The molecule has 5 aliphatic heterocycles. The number of hydrogen-bond acceptors (Lipinski definition) is 12. The summed E-state index contributed by atoms with van der Waals surface area (Å²) in [5.41, 5.74) is 4.73. The number of carbonyl (C=O) groups is 3. The van der Waals surface area contributed by atoms with Crippen molar-refractivity contribution < 1.29 is 58.9 Å². The molecule has 1 aromatic heterocycles. The summed E-state index contributed by atoms with van der Waals surface area (Å²) in [4.78, 5) is 48.8. The number of ether oxygens (including phenoxy) is 4. The van der Waals surface area contributed by atoms with Crippen molar-refractivity contribution in [1.29, 1.82) is 0 Å². The molecule has 0 spiro atoms. The molecular formula is C58H84N2O12. The number of aromatic nitrogens is 1. The number of aromatic amines is 1. The Bertz CT molecular complexity index is 2320. The van der Waals surface area contributed by atoms with E-state index in [9.17, 15) is 39.9 Å². The fraction of sp³-hybridized carbons (Fsp3) is 0.672. The number of para-hydroxylation sites is 1. The molecule has 14 heteroatoms. The normalized spacial score (nSPS) is 41.8. The van der Waals surface area contributed by atoms with Crippen LogP contribution in [-0.4, -0.2) is 135 Å². The molecule has 6 aliphatic rings. The summed E-state index contributed by atoms with van der Waals surface area (Å²) in [6, 6.07) is 5.08. The number of rotatable bonds is 5. The van der Waals surface area contributed by atoms with E-state index in [0.717, 1.165) is 27.6 Å². The Balaban J connectivity index is 1.25. The van der Waals surface area contributed by atoms with Gasteiger partial charge in [0, 0.05) is 68.0 Å². The van der Waals surface area contributed by atoms with Crippen molar-refractivity contribution in [3.05, 3.63) is 83.1 Å². The molecule has 6 bridgehead atoms. The molecule has 18 atom stereocenters. The van der Waals surface area contributed by atoms with Gasteiger partial charge in [0.25, 0.3) is 11.7 Å². The number of aliphatic hydroxyl groups excluding tert-OH is 4. The lowest BCUT2D eigenvalue weighted by Gasteiger charge is -2.50. The zero-order chi connectivity index (χ0) is 52.2. The average molecular weight is 1000 g/mol. The zero-order valence-corrected chi connectivity index (χ0v) is 44.1. The molecular weight excluding hydrogens is 917 g/mol. The number of methoxy groups -OCH3 is 2. The monoisotopic (exact) mass is 1000 g/mol. The Morgan fingerprint density at radius 3 is 2.35 bits per heavy atom. The molecule has 72 heavy (non-hydrogen) atoms. The van der Waals surface area contributed by atoms with Crippen LogP contribution in [0.15, 0.2) is 72.0 Å². The van der Waals surface area contributed by atoms with Crippen LogP contribution in [0.1, 0.15) is 129 Å². The highest BCUT2D eigenvalue weighted by Gasteiger charge is 2.57. The van der Waals surface area contributed by atoms with Gasteiger partial charge in [-0.25, -0.2) is 4.79 Å². The van der Waals surface area contributed by atoms with Gasteiger partial charge in [-0.15, -0.1) is 0 Å². The van der Waals surface area contributed by atoms with Gasteiger partial charge in [-0.2, -0.15) is 0 Å². The van der Waals surface area contributed by atoms with Crippen LogP contribution in [0, 0.1) is 48.3 Å². The van der Waals surface area contributed by atoms with Gasteiger partial charge in [0.05, 0.1) is 30.5 Å². The first kappa shape index (κ1) is 55.8. The summed E-state index contributed by atoms with van der Waals surface area (Å²) < 4.78 is 24.3. The van der Waals surface area contributed by atoms with Crippen LogP contribution in [0.4, 0.5) is 0 Å². The topological polar surface area (TPSA) is 208 Å². The molecule has 0 radical (unpaired) electrons. The molecule has 1 aromatic carbocycles. The molecule has 2 aromatic rings. The first-order valence-electron chi connectivity index (χ1n) is 26.8. The summed E-state index contributed by atoms with van der Waals surface area (Å²) in [6.07, 6.45) is 13.0. The maximum absolute atomic E-state index is 14.8. The van der Waals surface area contributed by atoms with E-state index in [1.165, 1.54) is 12.0 Å². The van der Waals surface area contributed by atoms with Crippen LogP contribution < -0.4 is 0 Å². The molecule has 1 amide bonds. The van der Waals surface area contributed by atoms with Gasteiger partial charge >= 0.3 is 5.97 Å². The summed E-state index contributed by atoms with van der Waals surface area (Å²) >= 11 is 0. The van der Waals surface area contributed by atoms with Gasteiger partial charge in [0.15, 0.2) is 0 Å². The number of allylic oxidation sites excluding steroid dienone is 6. The number of benzene rings is 1. The summed E-state index contributed by atoms with van der Waals surface area (Å²) in [7, 11) is 3.06. The number of esters is 1. The van der Waals surface area contributed by atoms with Crippen molar-refractivity contribution in [2.45, 2.75) is 186 Å². The van der Waals surface area contributed by atoms with Crippen LogP contribution in [0.2, 0.25) is 0 Å². The number of nitrogens with zero attached hydrogens (tertiary/aromatic N) is 1. The van der Waals surface area contributed by atoms with Gasteiger partial charge < -0.3 is 54.4 Å². The van der Waals surface area contributed by atoms with Crippen LogP contribution >= 0.6 is 0 Å². The third kappa shape index (κ3) is 12.1. The number of nitrogens with one attached hydrogen (secondary N) is 1. The van der Waals surface area contributed by atoms with Gasteiger partial charge in [-0.1, -0.05) is 87.9 Å². The van der Waals surface area contributed by atoms with Crippen molar-refractivity contribution in [2.24, 2.45) is 41.4 Å². The molecule has 1 saturated carbocycles.